The summed E-state index contributed by atoms with van der Waals surface area (Å²) in [7, 11) is 1.62. The number of nitrogens with one attached hydrogen (secondary N) is 1. The molecule has 0 saturated carbocycles. The van der Waals surface area contributed by atoms with Crippen molar-refractivity contribution in [2.45, 2.75) is 31.7 Å². The van der Waals surface area contributed by atoms with E-state index in [2.05, 4.69) is 17.4 Å². The van der Waals surface area contributed by atoms with Crippen molar-refractivity contribution in [1.29, 1.82) is 0 Å². The van der Waals surface area contributed by atoms with Gasteiger partial charge in [-0.3, -0.25) is 9.59 Å². The zero-order valence-electron chi connectivity index (χ0n) is 18.7. The molecule has 0 fully saturated rings. The zero-order chi connectivity index (χ0) is 22.8. The Morgan fingerprint density at radius 1 is 0.844 bits per heavy atom. The van der Waals surface area contributed by atoms with Gasteiger partial charge in [-0.2, -0.15) is 0 Å². The van der Waals surface area contributed by atoms with Gasteiger partial charge in [0.15, 0.2) is 0 Å². The second-order valence-electron chi connectivity index (χ2n) is 7.81. The average molecular weight is 447 g/mol. The normalized spacial score (nSPS) is 11.6. The van der Waals surface area contributed by atoms with Gasteiger partial charge in [0.2, 0.25) is 11.8 Å². The van der Waals surface area contributed by atoms with Gasteiger partial charge < -0.3 is 10.2 Å². The summed E-state index contributed by atoms with van der Waals surface area (Å²) in [4.78, 5) is 28.0. The minimum atomic E-state index is -0.575. The third kappa shape index (κ3) is 6.99. The molecule has 3 aromatic carbocycles. The van der Waals surface area contributed by atoms with E-state index in [4.69, 9.17) is 0 Å². The highest BCUT2D eigenvalue weighted by atomic mass is 32.2. The van der Waals surface area contributed by atoms with Crippen LogP contribution in [0.25, 0.3) is 0 Å². The molecule has 4 nitrogen and oxygen atoms in total. The summed E-state index contributed by atoms with van der Waals surface area (Å²) in [6, 6.07) is 27.5. The SMILES string of the molecule is CNC(=O)[C@@H](Cc1ccccc1)N(Cc1ccc(C)cc1)C(=O)CSCc1ccccc1. The molecule has 0 aromatic heterocycles. The molecule has 0 aliphatic heterocycles. The number of nitrogens with zero attached hydrogens (tertiary/aromatic N) is 1. The van der Waals surface area contributed by atoms with Crippen LogP contribution >= 0.6 is 11.8 Å². The van der Waals surface area contributed by atoms with Gasteiger partial charge in [-0.1, -0.05) is 90.5 Å². The van der Waals surface area contributed by atoms with Crippen LogP contribution in [-0.2, 0) is 28.3 Å². The van der Waals surface area contributed by atoms with E-state index in [0.29, 0.717) is 18.7 Å². The van der Waals surface area contributed by atoms with E-state index in [1.165, 1.54) is 5.56 Å². The van der Waals surface area contributed by atoms with Crippen LogP contribution in [0.3, 0.4) is 0 Å². The van der Waals surface area contributed by atoms with Crippen LogP contribution in [0.1, 0.15) is 22.3 Å². The first kappa shape index (κ1) is 23.6. The smallest absolute Gasteiger partial charge is 0.242 e. The fourth-order valence-corrected chi connectivity index (χ4v) is 4.39. The molecule has 2 amide bonds. The maximum Gasteiger partial charge on any atom is 0.242 e. The fourth-order valence-electron chi connectivity index (χ4n) is 3.52. The van der Waals surface area contributed by atoms with Crippen LogP contribution < -0.4 is 5.32 Å². The van der Waals surface area contributed by atoms with Crippen molar-refractivity contribution in [3.8, 4) is 0 Å². The minimum absolute atomic E-state index is 0.0314. The molecular weight excluding hydrogens is 416 g/mol. The number of carbonyl (C=O) groups is 2. The lowest BCUT2D eigenvalue weighted by molar-refractivity contribution is -0.139. The van der Waals surface area contributed by atoms with Gasteiger partial charge in [0.25, 0.3) is 0 Å². The van der Waals surface area contributed by atoms with Gasteiger partial charge in [0.1, 0.15) is 6.04 Å². The number of rotatable bonds is 10. The molecule has 0 unspecified atom stereocenters. The Kier molecular flexibility index (Phi) is 8.93. The molecule has 3 rings (SSSR count). The summed E-state index contributed by atoms with van der Waals surface area (Å²) in [5, 5.41) is 2.76. The lowest BCUT2D eigenvalue weighted by Gasteiger charge is -2.31. The van der Waals surface area contributed by atoms with E-state index in [-0.39, 0.29) is 11.8 Å². The number of hydrogen-bond donors (Lipinski definition) is 1. The van der Waals surface area contributed by atoms with Crippen molar-refractivity contribution in [1.82, 2.24) is 10.2 Å². The zero-order valence-corrected chi connectivity index (χ0v) is 19.5. The molecular formula is C27H30N2O2S. The van der Waals surface area contributed by atoms with Crippen LogP contribution in [0.4, 0.5) is 0 Å². The van der Waals surface area contributed by atoms with Crippen molar-refractivity contribution in [3.63, 3.8) is 0 Å². The first-order chi connectivity index (χ1) is 15.6. The van der Waals surface area contributed by atoms with Crippen LogP contribution in [0.2, 0.25) is 0 Å². The average Bonchev–Trinajstić information content (AvgIpc) is 2.83. The van der Waals surface area contributed by atoms with Gasteiger partial charge in [0, 0.05) is 25.8 Å². The van der Waals surface area contributed by atoms with E-state index in [1.807, 2.05) is 79.7 Å². The standard InChI is InChI=1S/C27H30N2O2S/c1-21-13-15-23(16-14-21)18-29(26(30)20-32-19-24-11-7-4-8-12-24)25(27(31)28-2)17-22-9-5-3-6-10-22/h3-16,25H,17-20H2,1-2H3,(H,28,31)/t25-/m1/s1. The van der Waals surface area contributed by atoms with Gasteiger partial charge in [-0.25, -0.2) is 0 Å². The molecule has 3 aromatic rings. The largest absolute Gasteiger partial charge is 0.357 e. The molecule has 0 radical (unpaired) electrons. The van der Waals surface area contributed by atoms with Crippen LogP contribution in [0.15, 0.2) is 84.9 Å². The Labute approximate surface area is 195 Å². The summed E-state index contributed by atoms with van der Waals surface area (Å²) in [5.41, 5.74) is 4.39. The third-order valence-electron chi connectivity index (χ3n) is 5.33. The van der Waals surface area contributed by atoms with E-state index >= 15 is 0 Å². The molecule has 1 N–H and O–H groups in total. The lowest BCUT2D eigenvalue weighted by atomic mass is 10.0. The number of likely N-dealkylation sites (N-methyl/N-ethyl adjacent to an activating group) is 1. The Bertz CT molecular complexity index is 991. The third-order valence-corrected chi connectivity index (χ3v) is 6.32. The van der Waals surface area contributed by atoms with Crippen LogP contribution in [0.5, 0.6) is 0 Å². The van der Waals surface area contributed by atoms with Crippen molar-refractivity contribution in [2.75, 3.05) is 12.8 Å². The molecule has 1 atom stereocenters. The van der Waals surface area contributed by atoms with Gasteiger partial charge in [-0.15, -0.1) is 11.8 Å². The maximum absolute atomic E-state index is 13.4. The molecule has 0 spiro atoms. The summed E-state index contributed by atoms with van der Waals surface area (Å²) in [6.07, 6.45) is 0.474. The number of carbonyl (C=O) groups excluding carboxylic acids is 2. The summed E-state index contributed by atoms with van der Waals surface area (Å²) >= 11 is 1.58. The molecule has 166 valence electrons. The summed E-state index contributed by atoms with van der Waals surface area (Å²) in [5.74, 6) is 0.899. The molecule has 0 heterocycles. The van der Waals surface area contributed by atoms with Gasteiger partial charge in [0.05, 0.1) is 5.75 Å². The fraction of sp³-hybridized carbons (Fsp3) is 0.259. The topological polar surface area (TPSA) is 49.4 Å². The first-order valence-corrected chi connectivity index (χ1v) is 11.9. The Morgan fingerprint density at radius 2 is 1.44 bits per heavy atom. The summed E-state index contributed by atoms with van der Waals surface area (Å²) in [6.45, 7) is 2.44. The van der Waals surface area contributed by atoms with Crippen molar-refractivity contribution >= 4 is 23.6 Å². The van der Waals surface area contributed by atoms with Crippen molar-refractivity contribution < 1.29 is 9.59 Å². The van der Waals surface area contributed by atoms with Gasteiger partial charge >= 0.3 is 0 Å². The molecule has 0 aliphatic rings. The molecule has 5 heteroatoms. The van der Waals surface area contributed by atoms with E-state index < -0.39 is 6.04 Å². The Morgan fingerprint density at radius 3 is 2.03 bits per heavy atom. The predicted octanol–water partition coefficient (Wildman–Crippen LogP) is 4.61. The minimum Gasteiger partial charge on any atom is -0.357 e. The van der Waals surface area contributed by atoms with Crippen LogP contribution in [0, 0.1) is 6.92 Å². The number of aryl methyl sites for hydroxylation is 1. The monoisotopic (exact) mass is 446 g/mol. The van der Waals surface area contributed by atoms with E-state index in [9.17, 15) is 9.59 Å². The second-order valence-corrected chi connectivity index (χ2v) is 8.79. The predicted molar refractivity (Wildman–Crippen MR) is 132 cm³/mol. The molecule has 32 heavy (non-hydrogen) atoms. The second kappa shape index (κ2) is 12.1. The Balaban J connectivity index is 1.80. The maximum atomic E-state index is 13.4. The number of amides is 2. The van der Waals surface area contributed by atoms with Crippen molar-refractivity contribution in [3.05, 3.63) is 107 Å². The molecule has 0 aliphatic carbocycles. The quantitative estimate of drug-likeness (QED) is 0.495. The molecule has 0 saturated heterocycles. The highest BCUT2D eigenvalue weighted by Gasteiger charge is 2.29. The number of hydrogen-bond acceptors (Lipinski definition) is 3. The lowest BCUT2D eigenvalue weighted by Crippen LogP contribution is -2.50. The van der Waals surface area contributed by atoms with Gasteiger partial charge in [-0.05, 0) is 23.6 Å². The number of benzene rings is 3. The van der Waals surface area contributed by atoms with Crippen LogP contribution in [-0.4, -0.2) is 35.6 Å². The first-order valence-electron chi connectivity index (χ1n) is 10.8. The molecule has 0 bridgehead atoms. The van der Waals surface area contributed by atoms with E-state index in [0.717, 1.165) is 22.4 Å². The highest BCUT2D eigenvalue weighted by molar-refractivity contribution is 7.99. The highest BCUT2D eigenvalue weighted by Crippen LogP contribution is 2.18. The number of thioether (sulfide) groups is 1. The van der Waals surface area contributed by atoms with E-state index in [1.54, 1.807) is 23.7 Å². The van der Waals surface area contributed by atoms with Crippen molar-refractivity contribution in [2.24, 2.45) is 0 Å². The summed E-state index contributed by atoms with van der Waals surface area (Å²) < 4.78 is 0. The Hall–Kier alpha value is -3.05.